The van der Waals surface area contributed by atoms with Crippen molar-refractivity contribution in [2.24, 2.45) is 5.92 Å². The maximum absolute atomic E-state index is 11.2. The predicted molar refractivity (Wildman–Crippen MR) is 58.6 cm³/mol. The van der Waals surface area contributed by atoms with Gasteiger partial charge in [-0.25, -0.2) is 0 Å². The van der Waals surface area contributed by atoms with Crippen molar-refractivity contribution in [1.29, 1.82) is 0 Å². The van der Waals surface area contributed by atoms with E-state index in [1.807, 2.05) is 0 Å². The van der Waals surface area contributed by atoms with Crippen LogP contribution in [0, 0.1) is 5.92 Å². The Kier molecular flexibility index (Phi) is 5.69. The Morgan fingerprint density at radius 3 is 2.73 bits per heavy atom. The Hall–Kier alpha value is -0.570. The molecule has 0 aliphatic carbocycles. The van der Waals surface area contributed by atoms with Crippen LogP contribution in [0.3, 0.4) is 0 Å². The summed E-state index contributed by atoms with van der Waals surface area (Å²) in [6.45, 7) is 5.65. The highest BCUT2D eigenvalue weighted by atomic mass is 16.6. The number of carbonyl (C=O) groups excluding carboxylic acids is 1. The molecule has 0 N–H and O–H groups in total. The van der Waals surface area contributed by atoms with Crippen LogP contribution in [-0.2, 0) is 14.3 Å². The fourth-order valence-corrected chi connectivity index (χ4v) is 1.42. The second-order valence-corrected chi connectivity index (χ2v) is 4.63. The smallest absolute Gasteiger partial charge is 0.305 e. The van der Waals surface area contributed by atoms with Gasteiger partial charge in [-0.3, -0.25) is 4.79 Å². The molecular weight excluding hydrogens is 192 g/mol. The zero-order chi connectivity index (χ0) is 11.1. The molecule has 0 aromatic rings. The van der Waals surface area contributed by atoms with Gasteiger partial charge in [0.1, 0.15) is 12.7 Å². The van der Waals surface area contributed by atoms with Gasteiger partial charge in [-0.2, -0.15) is 0 Å². The Balaban J connectivity index is 1.83. The zero-order valence-corrected chi connectivity index (χ0v) is 9.83. The standard InChI is InChI=1S/C12H22O3/c1-10(2)6-4-3-5-7-12(13)15-9-11-8-14-11/h10-11H,3-9H2,1-2H3. The van der Waals surface area contributed by atoms with E-state index in [-0.39, 0.29) is 12.1 Å². The van der Waals surface area contributed by atoms with Gasteiger partial charge in [0.05, 0.1) is 6.61 Å². The summed E-state index contributed by atoms with van der Waals surface area (Å²) in [5.74, 6) is 0.694. The summed E-state index contributed by atoms with van der Waals surface area (Å²) in [5, 5.41) is 0. The number of ether oxygens (including phenoxy) is 2. The fraction of sp³-hybridized carbons (Fsp3) is 0.917. The minimum Gasteiger partial charge on any atom is -0.463 e. The second kappa shape index (κ2) is 6.83. The van der Waals surface area contributed by atoms with Gasteiger partial charge in [-0.05, 0) is 12.3 Å². The van der Waals surface area contributed by atoms with Crippen molar-refractivity contribution < 1.29 is 14.3 Å². The number of rotatable bonds is 8. The van der Waals surface area contributed by atoms with E-state index in [0.29, 0.717) is 13.0 Å². The molecule has 1 fully saturated rings. The summed E-state index contributed by atoms with van der Waals surface area (Å²) in [7, 11) is 0. The largest absolute Gasteiger partial charge is 0.463 e. The van der Waals surface area contributed by atoms with E-state index in [1.165, 1.54) is 12.8 Å². The highest BCUT2D eigenvalue weighted by Gasteiger charge is 2.23. The topological polar surface area (TPSA) is 38.8 Å². The lowest BCUT2D eigenvalue weighted by atomic mass is 10.0. The average molecular weight is 214 g/mol. The molecule has 1 unspecified atom stereocenters. The molecule has 0 aromatic heterocycles. The van der Waals surface area contributed by atoms with E-state index in [9.17, 15) is 4.79 Å². The van der Waals surface area contributed by atoms with E-state index < -0.39 is 0 Å². The summed E-state index contributed by atoms with van der Waals surface area (Å²) >= 11 is 0. The van der Waals surface area contributed by atoms with Gasteiger partial charge in [0, 0.05) is 6.42 Å². The third-order valence-corrected chi connectivity index (χ3v) is 2.49. The number of unbranched alkanes of at least 4 members (excludes halogenated alkanes) is 2. The van der Waals surface area contributed by atoms with Crippen molar-refractivity contribution >= 4 is 5.97 Å². The lowest BCUT2D eigenvalue weighted by Crippen LogP contribution is -2.09. The van der Waals surface area contributed by atoms with Gasteiger partial charge in [-0.1, -0.05) is 33.1 Å². The van der Waals surface area contributed by atoms with Crippen LogP contribution < -0.4 is 0 Å². The fourth-order valence-electron chi connectivity index (χ4n) is 1.42. The SMILES string of the molecule is CC(C)CCCCCC(=O)OCC1CO1. The third-order valence-electron chi connectivity index (χ3n) is 2.49. The van der Waals surface area contributed by atoms with Crippen LogP contribution in [0.4, 0.5) is 0 Å². The van der Waals surface area contributed by atoms with Crippen LogP contribution in [0.2, 0.25) is 0 Å². The van der Waals surface area contributed by atoms with Crippen LogP contribution >= 0.6 is 0 Å². The first-order valence-corrected chi connectivity index (χ1v) is 5.95. The molecule has 3 heteroatoms. The predicted octanol–water partition coefficient (Wildman–Crippen LogP) is 2.53. The monoisotopic (exact) mass is 214 g/mol. The van der Waals surface area contributed by atoms with Crippen LogP contribution in [0.5, 0.6) is 0 Å². The van der Waals surface area contributed by atoms with Crippen molar-refractivity contribution in [2.45, 2.75) is 52.1 Å². The molecule has 15 heavy (non-hydrogen) atoms. The molecular formula is C12H22O3. The average Bonchev–Trinajstić information content (AvgIpc) is 2.97. The first-order chi connectivity index (χ1) is 7.18. The highest BCUT2D eigenvalue weighted by Crippen LogP contribution is 2.11. The van der Waals surface area contributed by atoms with Gasteiger partial charge in [-0.15, -0.1) is 0 Å². The number of carbonyl (C=O) groups is 1. The Morgan fingerprint density at radius 1 is 1.40 bits per heavy atom. The van der Waals surface area contributed by atoms with E-state index in [2.05, 4.69) is 13.8 Å². The molecule has 0 spiro atoms. The molecule has 0 bridgehead atoms. The molecule has 1 aliphatic rings. The summed E-state index contributed by atoms with van der Waals surface area (Å²) in [6, 6.07) is 0. The molecule has 88 valence electrons. The Bertz CT molecular complexity index is 185. The maximum Gasteiger partial charge on any atom is 0.305 e. The van der Waals surface area contributed by atoms with Crippen molar-refractivity contribution in [2.75, 3.05) is 13.2 Å². The molecule has 3 nitrogen and oxygen atoms in total. The summed E-state index contributed by atoms with van der Waals surface area (Å²) in [5.41, 5.74) is 0. The number of epoxide rings is 1. The van der Waals surface area contributed by atoms with Crippen LogP contribution in [0.1, 0.15) is 46.0 Å². The molecule has 0 aromatic carbocycles. The first-order valence-electron chi connectivity index (χ1n) is 5.95. The molecule has 1 saturated heterocycles. The Morgan fingerprint density at radius 2 is 2.13 bits per heavy atom. The summed E-state index contributed by atoms with van der Waals surface area (Å²) in [4.78, 5) is 11.2. The lowest BCUT2D eigenvalue weighted by molar-refractivity contribution is -0.144. The molecule has 1 atom stereocenters. The molecule has 1 heterocycles. The quantitative estimate of drug-likeness (QED) is 0.354. The van der Waals surface area contributed by atoms with Gasteiger partial charge < -0.3 is 9.47 Å². The molecule has 0 saturated carbocycles. The molecule has 0 radical (unpaired) electrons. The van der Waals surface area contributed by atoms with Crippen LogP contribution in [0.15, 0.2) is 0 Å². The van der Waals surface area contributed by atoms with Crippen molar-refractivity contribution in [3.05, 3.63) is 0 Å². The highest BCUT2D eigenvalue weighted by molar-refractivity contribution is 5.69. The van der Waals surface area contributed by atoms with Crippen LogP contribution in [-0.4, -0.2) is 25.3 Å². The van der Waals surface area contributed by atoms with Crippen LogP contribution in [0.25, 0.3) is 0 Å². The molecule has 1 aliphatic heterocycles. The van der Waals surface area contributed by atoms with Gasteiger partial charge >= 0.3 is 5.97 Å². The van der Waals surface area contributed by atoms with Crippen molar-refractivity contribution in [1.82, 2.24) is 0 Å². The third kappa shape index (κ3) is 7.37. The van der Waals surface area contributed by atoms with E-state index in [0.717, 1.165) is 25.4 Å². The number of esters is 1. The van der Waals surface area contributed by atoms with E-state index in [4.69, 9.17) is 9.47 Å². The number of hydrogen-bond acceptors (Lipinski definition) is 3. The minimum atomic E-state index is -0.0740. The summed E-state index contributed by atoms with van der Waals surface area (Å²) in [6.07, 6.45) is 5.31. The van der Waals surface area contributed by atoms with Gasteiger partial charge in [0.25, 0.3) is 0 Å². The van der Waals surface area contributed by atoms with Crippen molar-refractivity contribution in [3.8, 4) is 0 Å². The first kappa shape index (κ1) is 12.5. The van der Waals surface area contributed by atoms with E-state index in [1.54, 1.807) is 0 Å². The zero-order valence-electron chi connectivity index (χ0n) is 9.83. The minimum absolute atomic E-state index is 0.0740. The lowest BCUT2D eigenvalue weighted by Gasteiger charge is -2.04. The molecule has 0 amide bonds. The second-order valence-electron chi connectivity index (χ2n) is 4.63. The maximum atomic E-state index is 11.2. The van der Waals surface area contributed by atoms with Gasteiger partial charge in [0.2, 0.25) is 0 Å². The Labute approximate surface area is 92.1 Å². The molecule has 1 rings (SSSR count). The summed E-state index contributed by atoms with van der Waals surface area (Å²) < 4.78 is 9.98. The van der Waals surface area contributed by atoms with E-state index >= 15 is 0 Å². The van der Waals surface area contributed by atoms with Crippen molar-refractivity contribution in [3.63, 3.8) is 0 Å². The van der Waals surface area contributed by atoms with Gasteiger partial charge in [0.15, 0.2) is 0 Å². The number of hydrogen-bond donors (Lipinski definition) is 0. The normalized spacial score (nSPS) is 19.3.